The first-order valence-corrected chi connectivity index (χ1v) is 10.0. The van der Waals surface area contributed by atoms with Crippen molar-refractivity contribution in [3.63, 3.8) is 0 Å². The van der Waals surface area contributed by atoms with Crippen molar-refractivity contribution in [2.24, 2.45) is 0 Å². The molecule has 1 atom stereocenters. The zero-order valence-corrected chi connectivity index (χ0v) is 18.1. The third-order valence-corrected chi connectivity index (χ3v) is 4.67. The minimum Gasteiger partial charge on any atom is -0.444 e. The second-order valence-electron chi connectivity index (χ2n) is 8.21. The average Bonchev–Trinajstić information content (AvgIpc) is 3.13. The van der Waals surface area contributed by atoms with Crippen LogP contribution in [0.3, 0.4) is 0 Å². The summed E-state index contributed by atoms with van der Waals surface area (Å²) in [6.45, 7) is 13.7. The van der Waals surface area contributed by atoms with Crippen molar-refractivity contribution in [3.8, 4) is 0 Å². The first kappa shape index (κ1) is 22.5. The van der Waals surface area contributed by atoms with Crippen LogP contribution < -0.4 is 5.32 Å². The molecule has 0 bridgehead atoms. The molecule has 2 rings (SSSR count). The molecule has 1 unspecified atom stereocenters. The van der Waals surface area contributed by atoms with E-state index in [9.17, 15) is 9.59 Å². The Bertz CT molecular complexity index is 814. The van der Waals surface area contributed by atoms with Gasteiger partial charge < -0.3 is 10.1 Å². The Morgan fingerprint density at radius 3 is 2.45 bits per heavy atom. The molecule has 1 heterocycles. The molecular formula is C24H32N2O3. The Morgan fingerprint density at radius 1 is 1.24 bits per heavy atom. The zero-order chi connectivity index (χ0) is 21.6. The highest BCUT2D eigenvalue weighted by molar-refractivity contribution is 5.92. The lowest BCUT2D eigenvalue weighted by atomic mass is 10.0. The van der Waals surface area contributed by atoms with Crippen LogP contribution in [0.25, 0.3) is 5.57 Å². The van der Waals surface area contributed by atoms with Crippen LogP contribution in [0.5, 0.6) is 0 Å². The van der Waals surface area contributed by atoms with E-state index in [0.29, 0.717) is 18.7 Å². The summed E-state index contributed by atoms with van der Waals surface area (Å²) < 4.78 is 5.47. The smallest absolute Gasteiger partial charge is 0.410 e. The number of amides is 2. The van der Waals surface area contributed by atoms with E-state index in [0.717, 1.165) is 17.6 Å². The van der Waals surface area contributed by atoms with Gasteiger partial charge in [0.15, 0.2) is 0 Å². The van der Waals surface area contributed by atoms with Crippen molar-refractivity contribution in [1.82, 2.24) is 10.2 Å². The number of hydrogen-bond acceptors (Lipinski definition) is 3. The number of ether oxygens (including phenoxy) is 1. The van der Waals surface area contributed by atoms with Crippen molar-refractivity contribution in [2.75, 3.05) is 6.54 Å². The number of likely N-dealkylation sites (tertiary alicyclic amines) is 1. The lowest BCUT2D eigenvalue weighted by molar-refractivity contribution is -0.124. The summed E-state index contributed by atoms with van der Waals surface area (Å²) in [6.07, 6.45) is 6.32. The maximum Gasteiger partial charge on any atom is 0.410 e. The number of benzene rings is 1. The Balaban J connectivity index is 2.20. The number of nitrogens with one attached hydrogen (secondary N) is 1. The fourth-order valence-electron chi connectivity index (χ4n) is 3.32. The first-order chi connectivity index (χ1) is 13.7. The highest BCUT2D eigenvalue weighted by Gasteiger charge is 2.37. The van der Waals surface area contributed by atoms with E-state index in [2.05, 4.69) is 11.9 Å². The Kier molecular flexibility index (Phi) is 7.43. The van der Waals surface area contributed by atoms with Crippen LogP contribution in [-0.2, 0) is 9.53 Å². The number of allylic oxidation sites excluding steroid dienone is 4. The number of nitrogens with zero attached hydrogens (tertiary/aromatic N) is 1. The molecule has 5 nitrogen and oxygen atoms in total. The SMILES string of the molecule is C=C/C=C(NC(=O)C1CCCN1C(=O)OC(C)(C)C)\C(=C/C)c1ccc(C)cc1. The van der Waals surface area contributed by atoms with Crippen molar-refractivity contribution < 1.29 is 14.3 Å². The largest absolute Gasteiger partial charge is 0.444 e. The molecule has 1 aromatic rings. The molecular weight excluding hydrogens is 364 g/mol. The molecule has 1 aliphatic heterocycles. The minimum absolute atomic E-state index is 0.215. The molecule has 1 aliphatic rings. The van der Waals surface area contributed by atoms with Crippen LogP contribution >= 0.6 is 0 Å². The van der Waals surface area contributed by atoms with Crippen molar-refractivity contribution in [2.45, 2.75) is 59.1 Å². The molecule has 0 saturated carbocycles. The zero-order valence-electron chi connectivity index (χ0n) is 18.1. The first-order valence-electron chi connectivity index (χ1n) is 10.0. The third-order valence-electron chi connectivity index (χ3n) is 4.67. The second-order valence-corrected chi connectivity index (χ2v) is 8.21. The highest BCUT2D eigenvalue weighted by atomic mass is 16.6. The number of hydrogen-bond donors (Lipinski definition) is 1. The molecule has 0 radical (unpaired) electrons. The maximum atomic E-state index is 13.1. The molecule has 0 aromatic heterocycles. The standard InChI is InChI=1S/C24H32N2O3/c1-7-10-20(19(8-2)18-14-12-17(3)13-15-18)25-22(27)21-11-9-16-26(21)23(28)29-24(4,5)6/h7-8,10,12-15,21H,1,9,11,16H2,2-6H3,(H,25,27)/b19-8-,20-10+. The summed E-state index contributed by atoms with van der Waals surface area (Å²) in [7, 11) is 0. The van der Waals surface area contributed by atoms with Gasteiger partial charge in [0.1, 0.15) is 11.6 Å². The quantitative estimate of drug-likeness (QED) is 0.714. The fraction of sp³-hybridized carbons (Fsp3) is 0.417. The van der Waals surface area contributed by atoms with Crippen LogP contribution in [0.1, 0.15) is 51.7 Å². The van der Waals surface area contributed by atoms with E-state index in [-0.39, 0.29) is 5.91 Å². The Labute approximate surface area is 174 Å². The summed E-state index contributed by atoms with van der Waals surface area (Å²) in [5.74, 6) is -0.215. The second kappa shape index (κ2) is 9.59. The number of carbonyl (C=O) groups excluding carboxylic acids is 2. The lowest BCUT2D eigenvalue weighted by Gasteiger charge is -2.28. The topological polar surface area (TPSA) is 58.6 Å². The van der Waals surface area contributed by atoms with Gasteiger partial charge in [-0.2, -0.15) is 0 Å². The predicted molar refractivity (Wildman–Crippen MR) is 117 cm³/mol. The van der Waals surface area contributed by atoms with E-state index in [1.807, 2.05) is 65.0 Å². The van der Waals surface area contributed by atoms with Gasteiger partial charge in [0.25, 0.3) is 0 Å². The van der Waals surface area contributed by atoms with Gasteiger partial charge in [-0.15, -0.1) is 0 Å². The van der Waals surface area contributed by atoms with Crippen LogP contribution in [0.2, 0.25) is 0 Å². The van der Waals surface area contributed by atoms with Gasteiger partial charge in [-0.05, 0) is 59.1 Å². The van der Waals surface area contributed by atoms with Gasteiger partial charge in [0.2, 0.25) is 5.91 Å². The lowest BCUT2D eigenvalue weighted by Crippen LogP contribution is -2.47. The maximum absolute atomic E-state index is 13.1. The molecule has 1 fully saturated rings. The van der Waals surface area contributed by atoms with E-state index < -0.39 is 17.7 Å². The van der Waals surface area contributed by atoms with Gasteiger partial charge in [0.05, 0.1) is 0 Å². The summed E-state index contributed by atoms with van der Waals surface area (Å²) in [4.78, 5) is 27.1. The molecule has 5 heteroatoms. The molecule has 156 valence electrons. The van der Waals surface area contributed by atoms with E-state index >= 15 is 0 Å². The van der Waals surface area contributed by atoms with Gasteiger partial charge in [-0.1, -0.05) is 48.6 Å². The number of carbonyl (C=O) groups is 2. The molecule has 2 amide bonds. The molecule has 1 aromatic carbocycles. The molecule has 0 spiro atoms. The Hall–Kier alpha value is -2.82. The van der Waals surface area contributed by atoms with E-state index in [1.54, 1.807) is 12.2 Å². The van der Waals surface area contributed by atoms with Crippen LogP contribution in [0.4, 0.5) is 4.79 Å². The average molecular weight is 397 g/mol. The number of rotatable bonds is 5. The van der Waals surface area contributed by atoms with Gasteiger partial charge in [-0.25, -0.2) is 4.79 Å². The normalized spacial score (nSPS) is 17.8. The van der Waals surface area contributed by atoms with Crippen LogP contribution in [0, 0.1) is 6.92 Å². The highest BCUT2D eigenvalue weighted by Crippen LogP contribution is 2.25. The molecule has 1 N–H and O–H groups in total. The van der Waals surface area contributed by atoms with Gasteiger partial charge in [0, 0.05) is 17.8 Å². The minimum atomic E-state index is -0.599. The monoisotopic (exact) mass is 396 g/mol. The molecule has 29 heavy (non-hydrogen) atoms. The van der Waals surface area contributed by atoms with Gasteiger partial charge >= 0.3 is 6.09 Å². The predicted octanol–water partition coefficient (Wildman–Crippen LogP) is 4.98. The van der Waals surface area contributed by atoms with Crippen LogP contribution in [-0.4, -0.2) is 35.1 Å². The number of aryl methyl sites for hydroxylation is 1. The summed E-state index contributed by atoms with van der Waals surface area (Å²) in [5, 5.41) is 3.00. The van der Waals surface area contributed by atoms with E-state index in [4.69, 9.17) is 4.74 Å². The van der Waals surface area contributed by atoms with Crippen molar-refractivity contribution in [3.05, 3.63) is 65.9 Å². The summed E-state index contributed by atoms with van der Waals surface area (Å²) >= 11 is 0. The van der Waals surface area contributed by atoms with E-state index in [1.165, 1.54) is 10.5 Å². The van der Waals surface area contributed by atoms with Crippen LogP contribution in [0.15, 0.2) is 54.8 Å². The Morgan fingerprint density at radius 2 is 1.90 bits per heavy atom. The van der Waals surface area contributed by atoms with Gasteiger partial charge in [-0.3, -0.25) is 9.69 Å². The summed E-state index contributed by atoms with van der Waals surface area (Å²) in [6, 6.07) is 7.57. The molecule has 1 saturated heterocycles. The summed E-state index contributed by atoms with van der Waals surface area (Å²) in [5.41, 5.74) is 3.13. The fourth-order valence-corrected chi connectivity index (χ4v) is 3.32. The third kappa shape index (κ3) is 6.08. The van der Waals surface area contributed by atoms with Crippen molar-refractivity contribution in [1.29, 1.82) is 0 Å². The van der Waals surface area contributed by atoms with Crippen molar-refractivity contribution >= 4 is 17.6 Å². The molecule has 0 aliphatic carbocycles.